The third-order valence-corrected chi connectivity index (χ3v) is 5.52. The van der Waals surface area contributed by atoms with Crippen molar-refractivity contribution < 1.29 is 14.4 Å². The smallest absolute Gasteiger partial charge is 0.326 e. The van der Waals surface area contributed by atoms with Crippen molar-refractivity contribution in [2.45, 2.75) is 13.8 Å². The lowest BCUT2D eigenvalue weighted by molar-refractivity contribution is 0.264. The Morgan fingerprint density at radius 1 is 1.12 bits per heavy atom. The number of hydrogen-bond acceptors (Lipinski definition) is 4. The molecule has 0 radical (unpaired) electrons. The topological polar surface area (TPSA) is 76.9 Å². The summed E-state index contributed by atoms with van der Waals surface area (Å²) in [5.41, 5.74) is 2.54. The van der Waals surface area contributed by atoms with Gasteiger partial charge < -0.3 is 14.7 Å². The molecule has 2 aromatic rings. The van der Waals surface area contributed by atoms with Gasteiger partial charge in [-0.1, -0.05) is 6.07 Å². The van der Waals surface area contributed by atoms with Gasteiger partial charge >= 0.3 is 7.60 Å². The summed E-state index contributed by atoms with van der Waals surface area (Å²) in [5, 5.41) is 2.37. The molecule has 1 aliphatic rings. The number of pyridine rings is 1. The fourth-order valence-electron chi connectivity index (χ4n) is 3.13. The molecule has 0 unspecified atom stereocenters. The highest BCUT2D eigenvalue weighted by Crippen LogP contribution is 2.34. The third-order valence-electron chi connectivity index (χ3n) is 4.74. The van der Waals surface area contributed by atoms with E-state index in [2.05, 4.69) is 40.8 Å². The van der Waals surface area contributed by atoms with Crippen LogP contribution in [0.3, 0.4) is 0 Å². The normalized spacial score (nSPS) is 16.8. The molecule has 3 rings (SSSR count). The lowest BCUT2D eigenvalue weighted by Gasteiger charge is -2.36. The highest BCUT2D eigenvalue weighted by Gasteiger charge is 2.22. The second-order valence-electron chi connectivity index (χ2n) is 6.51. The molecule has 1 aromatic heterocycles. The summed E-state index contributed by atoms with van der Waals surface area (Å²) in [6.07, 6.45) is 1.78. The predicted octanol–water partition coefficient (Wildman–Crippen LogP) is 2.15. The van der Waals surface area contributed by atoms with Gasteiger partial charge in [0.1, 0.15) is 5.82 Å². The van der Waals surface area contributed by atoms with Crippen LogP contribution in [0.25, 0.3) is 10.8 Å². The van der Waals surface area contributed by atoms with E-state index in [1.807, 2.05) is 12.3 Å². The Kier molecular flexibility index (Phi) is 4.92. The van der Waals surface area contributed by atoms with Crippen molar-refractivity contribution in [3.8, 4) is 0 Å². The molecular weight excluding hydrogens is 325 g/mol. The number of fused-ring (bicyclic) bond motifs is 1. The monoisotopic (exact) mass is 349 g/mol. The maximum Gasteiger partial charge on any atom is 0.326 e. The minimum absolute atomic E-state index is 0.0714. The van der Waals surface area contributed by atoms with Crippen LogP contribution in [0.5, 0.6) is 0 Å². The summed E-state index contributed by atoms with van der Waals surface area (Å²) in [6.45, 7) is 7.91. The number of piperazine rings is 1. The van der Waals surface area contributed by atoms with Gasteiger partial charge in [0.15, 0.2) is 0 Å². The van der Waals surface area contributed by atoms with Gasteiger partial charge in [0, 0.05) is 44.3 Å². The highest BCUT2D eigenvalue weighted by molar-refractivity contribution is 7.51. The van der Waals surface area contributed by atoms with E-state index in [0.29, 0.717) is 6.54 Å². The molecule has 0 amide bonds. The van der Waals surface area contributed by atoms with Gasteiger partial charge in [-0.3, -0.25) is 9.46 Å². The van der Waals surface area contributed by atoms with Gasteiger partial charge in [-0.2, -0.15) is 0 Å². The Morgan fingerprint density at radius 3 is 2.46 bits per heavy atom. The van der Waals surface area contributed by atoms with E-state index in [1.165, 1.54) is 21.9 Å². The minimum atomic E-state index is -3.92. The Hall–Kier alpha value is -1.46. The molecule has 0 saturated carbocycles. The number of rotatable bonds is 4. The number of aryl methyl sites for hydroxylation is 2. The van der Waals surface area contributed by atoms with Crippen LogP contribution in [-0.4, -0.2) is 58.6 Å². The molecule has 1 aliphatic heterocycles. The average molecular weight is 349 g/mol. The summed E-state index contributed by atoms with van der Waals surface area (Å²) in [4.78, 5) is 27.0. The molecule has 0 bridgehead atoms. The van der Waals surface area contributed by atoms with E-state index in [9.17, 15) is 4.57 Å². The molecular formula is C17H24N3O3P. The van der Waals surface area contributed by atoms with E-state index >= 15 is 0 Å². The van der Waals surface area contributed by atoms with Gasteiger partial charge in [-0.05, 0) is 42.5 Å². The molecule has 0 spiro atoms. The van der Waals surface area contributed by atoms with Crippen LogP contribution in [0.15, 0.2) is 24.4 Å². The zero-order valence-corrected chi connectivity index (χ0v) is 15.0. The zero-order chi connectivity index (χ0) is 17.3. The van der Waals surface area contributed by atoms with Crippen molar-refractivity contribution in [3.63, 3.8) is 0 Å². The number of anilines is 1. The maximum absolute atomic E-state index is 11.0. The first-order valence-corrected chi connectivity index (χ1v) is 10.0. The molecule has 6 nitrogen and oxygen atoms in total. The van der Waals surface area contributed by atoms with Gasteiger partial charge in [-0.25, -0.2) is 4.98 Å². The lowest BCUT2D eigenvalue weighted by Crippen LogP contribution is -2.47. The maximum atomic E-state index is 11.0. The molecule has 7 heteroatoms. The fourth-order valence-corrected chi connectivity index (χ4v) is 3.68. The molecule has 0 atom stereocenters. The van der Waals surface area contributed by atoms with Gasteiger partial charge in [0.2, 0.25) is 0 Å². The molecule has 1 saturated heterocycles. The van der Waals surface area contributed by atoms with Crippen LogP contribution >= 0.6 is 7.60 Å². The van der Waals surface area contributed by atoms with Crippen molar-refractivity contribution in [2.24, 2.45) is 0 Å². The van der Waals surface area contributed by atoms with Crippen LogP contribution in [0.2, 0.25) is 0 Å². The SMILES string of the molecule is Cc1cc2ccnc(N3CCN(CCP(=O)(O)O)CC3)c2cc1C. The number of hydrogen-bond donors (Lipinski definition) is 2. The predicted molar refractivity (Wildman–Crippen MR) is 96.8 cm³/mol. The van der Waals surface area contributed by atoms with E-state index in [0.717, 1.165) is 32.0 Å². The van der Waals surface area contributed by atoms with Crippen molar-refractivity contribution in [1.82, 2.24) is 9.88 Å². The standard InChI is InChI=1S/C17H24N3O3P/c1-13-11-15-3-4-18-17(16(15)12-14(13)2)20-7-5-19(6-8-20)9-10-24(21,22)23/h3-4,11-12H,5-10H2,1-2H3,(H2,21,22,23). The fraction of sp³-hybridized carbons (Fsp3) is 0.471. The Morgan fingerprint density at radius 2 is 1.79 bits per heavy atom. The second kappa shape index (κ2) is 6.81. The minimum Gasteiger partial charge on any atom is -0.354 e. The largest absolute Gasteiger partial charge is 0.354 e. The van der Waals surface area contributed by atoms with Crippen molar-refractivity contribution in [3.05, 3.63) is 35.5 Å². The summed E-state index contributed by atoms with van der Waals surface area (Å²) in [7, 11) is -3.92. The van der Waals surface area contributed by atoms with E-state index in [1.54, 1.807) is 0 Å². The number of nitrogens with zero attached hydrogens (tertiary/aromatic N) is 3. The first kappa shape index (κ1) is 17.4. The van der Waals surface area contributed by atoms with Crippen molar-refractivity contribution >= 4 is 24.2 Å². The molecule has 2 N–H and O–H groups in total. The average Bonchev–Trinajstić information content (AvgIpc) is 2.53. The van der Waals surface area contributed by atoms with Gasteiger partial charge in [0.25, 0.3) is 0 Å². The first-order chi connectivity index (χ1) is 11.3. The van der Waals surface area contributed by atoms with Crippen LogP contribution in [0.1, 0.15) is 11.1 Å². The van der Waals surface area contributed by atoms with E-state index < -0.39 is 7.60 Å². The lowest BCUT2D eigenvalue weighted by atomic mass is 10.0. The summed E-state index contributed by atoms with van der Waals surface area (Å²) < 4.78 is 11.0. The molecule has 2 heterocycles. The number of aromatic nitrogens is 1. The quantitative estimate of drug-likeness (QED) is 0.824. The third kappa shape index (κ3) is 3.95. The van der Waals surface area contributed by atoms with Crippen LogP contribution < -0.4 is 4.90 Å². The Balaban J connectivity index is 1.74. The summed E-state index contributed by atoms with van der Waals surface area (Å²) >= 11 is 0. The van der Waals surface area contributed by atoms with Crippen LogP contribution in [0.4, 0.5) is 5.82 Å². The van der Waals surface area contributed by atoms with Crippen molar-refractivity contribution in [2.75, 3.05) is 43.8 Å². The molecule has 1 fully saturated rings. The first-order valence-electron chi connectivity index (χ1n) is 8.21. The second-order valence-corrected chi connectivity index (χ2v) is 8.29. The molecule has 0 aliphatic carbocycles. The van der Waals surface area contributed by atoms with Crippen LogP contribution in [0, 0.1) is 13.8 Å². The Bertz CT molecular complexity index is 782. The van der Waals surface area contributed by atoms with E-state index in [4.69, 9.17) is 9.79 Å². The summed E-state index contributed by atoms with van der Waals surface area (Å²) in [5.74, 6) is 1.00. The number of benzene rings is 1. The highest BCUT2D eigenvalue weighted by atomic mass is 31.2. The molecule has 1 aromatic carbocycles. The molecule has 130 valence electrons. The van der Waals surface area contributed by atoms with Gasteiger partial charge in [0.05, 0.1) is 6.16 Å². The van der Waals surface area contributed by atoms with Crippen LogP contribution in [-0.2, 0) is 4.57 Å². The van der Waals surface area contributed by atoms with Crippen molar-refractivity contribution in [1.29, 1.82) is 0 Å². The Labute approximate surface area is 142 Å². The van der Waals surface area contributed by atoms with Gasteiger partial charge in [-0.15, -0.1) is 0 Å². The molecule has 24 heavy (non-hydrogen) atoms. The zero-order valence-electron chi connectivity index (χ0n) is 14.1. The summed E-state index contributed by atoms with van der Waals surface area (Å²) in [6, 6.07) is 6.45. The van der Waals surface area contributed by atoms with E-state index in [-0.39, 0.29) is 6.16 Å².